The largest absolute Gasteiger partial charge is 0.494 e. The average Bonchev–Trinajstić information content (AvgIpc) is 3.45. The lowest BCUT2D eigenvalue weighted by Gasteiger charge is -2.29. The van der Waals surface area contributed by atoms with E-state index in [1.807, 2.05) is 76.2 Å². The minimum atomic E-state index is -0.547. The normalized spacial score (nSPS) is 16.9. The molecule has 3 heterocycles. The third kappa shape index (κ3) is 5.37. The first-order valence-electron chi connectivity index (χ1n) is 13.9. The molecule has 1 aliphatic heterocycles. The Morgan fingerprint density at radius 2 is 1.83 bits per heavy atom. The molecular weight excluding hydrogens is 566 g/mol. The minimum absolute atomic E-state index is 0.0937. The fourth-order valence-corrected chi connectivity index (χ4v) is 6.00. The summed E-state index contributed by atoms with van der Waals surface area (Å²) in [6.45, 7) is 11.9. The summed E-state index contributed by atoms with van der Waals surface area (Å²) >= 11 is 12.5. The van der Waals surface area contributed by atoms with Gasteiger partial charge in [-0.3, -0.25) is 9.78 Å². The van der Waals surface area contributed by atoms with Gasteiger partial charge in [0.15, 0.2) is 5.11 Å². The highest BCUT2D eigenvalue weighted by molar-refractivity contribution is 7.80. The third-order valence-corrected chi connectivity index (χ3v) is 8.48. The van der Waals surface area contributed by atoms with E-state index in [-0.39, 0.29) is 18.0 Å². The van der Waals surface area contributed by atoms with Crippen LogP contribution in [0.2, 0.25) is 5.02 Å². The number of halogens is 1. The van der Waals surface area contributed by atoms with Gasteiger partial charge in [0.05, 0.1) is 30.6 Å². The van der Waals surface area contributed by atoms with E-state index in [1.165, 1.54) is 0 Å². The fraction of sp³-hybridized carbons (Fsp3) is 0.303. The van der Waals surface area contributed by atoms with Crippen LogP contribution in [0.15, 0.2) is 66.9 Å². The van der Waals surface area contributed by atoms with E-state index in [0.717, 1.165) is 44.6 Å². The van der Waals surface area contributed by atoms with Crippen molar-refractivity contribution in [3.63, 3.8) is 0 Å². The maximum atomic E-state index is 12.7. The van der Waals surface area contributed by atoms with Gasteiger partial charge in [0.25, 0.3) is 0 Å². The Kier molecular flexibility index (Phi) is 8.05. The molecule has 0 saturated carbocycles. The quantitative estimate of drug-likeness (QED) is 0.222. The van der Waals surface area contributed by atoms with Crippen LogP contribution < -0.4 is 20.3 Å². The number of hydrogen-bond acceptors (Lipinski definition) is 4. The predicted molar refractivity (Wildman–Crippen MR) is 174 cm³/mol. The molecular formula is C33H36ClN5O2S. The molecule has 1 fully saturated rings. The summed E-state index contributed by atoms with van der Waals surface area (Å²) in [7, 11) is 1.60. The van der Waals surface area contributed by atoms with Gasteiger partial charge in [-0.2, -0.15) is 0 Å². The zero-order valence-electron chi connectivity index (χ0n) is 24.9. The molecule has 4 aromatic rings. The zero-order chi connectivity index (χ0) is 30.3. The van der Waals surface area contributed by atoms with Crippen LogP contribution in [0.1, 0.15) is 61.1 Å². The summed E-state index contributed by atoms with van der Waals surface area (Å²) < 4.78 is 7.99. The first kappa shape index (κ1) is 29.6. The molecule has 218 valence electrons. The second-order valence-corrected chi connectivity index (χ2v) is 12.4. The summed E-state index contributed by atoms with van der Waals surface area (Å²) in [6, 6.07) is 19.4. The zero-order valence-corrected chi connectivity index (χ0v) is 26.5. The van der Waals surface area contributed by atoms with Crippen LogP contribution in [0.3, 0.4) is 0 Å². The van der Waals surface area contributed by atoms with Crippen molar-refractivity contribution in [2.45, 2.75) is 53.6 Å². The van der Waals surface area contributed by atoms with Crippen molar-refractivity contribution in [1.82, 2.24) is 14.9 Å². The summed E-state index contributed by atoms with van der Waals surface area (Å²) in [6.07, 6.45) is 1.80. The Labute approximate surface area is 257 Å². The number of aryl methyl sites for hydroxylation is 1. The number of nitrogens with one attached hydrogen (secondary N) is 2. The van der Waals surface area contributed by atoms with Crippen LogP contribution >= 0.6 is 23.8 Å². The second kappa shape index (κ2) is 11.4. The van der Waals surface area contributed by atoms with E-state index in [0.29, 0.717) is 16.5 Å². The number of anilines is 2. The van der Waals surface area contributed by atoms with Crippen molar-refractivity contribution in [2.24, 2.45) is 5.41 Å². The van der Waals surface area contributed by atoms with Gasteiger partial charge >= 0.3 is 0 Å². The first-order valence-corrected chi connectivity index (χ1v) is 14.7. The Balaban J connectivity index is 1.64. The van der Waals surface area contributed by atoms with Crippen LogP contribution in [0.4, 0.5) is 11.4 Å². The smallest absolute Gasteiger partial charge is 0.229 e. The number of thiocarbonyl (C=S) groups is 1. The number of aromatic nitrogens is 2. The first-order chi connectivity index (χ1) is 19.9. The molecule has 2 aromatic carbocycles. The molecule has 2 unspecified atom stereocenters. The number of carbonyl (C=O) groups is 1. The molecule has 2 aromatic heterocycles. The van der Waals surface area contributed by atoms with Crippen LogP contribution in [0, 0.1) is 26.2 Å². The van der Waals surface area contributed by atoms with Crippen LogP contribution in [0.25, 0.3) is 5.69 Å². The Bertz CT molecular complexity index is 1660. The topological polar surface area (TPSA) is 71.4 Å². The van der Waals surface area contributed by atoms with Gasteiger partial charge in [0, 0.05) is 45.5 Å². The highest BCUT2D eigenvalue weighted by Crippen LogP contribution is 2.45. The van der Waals surface area contributed by atoms with Crippen LogP contribution in [-0.4, -0.2) is 27.7 Å². The number of amides is 1. The molecule has 1 aliphatic rings. The van der Waals surface area contributed by atoms with E-state index in [2.05, 4.69) is 46.1 Å². The van der Waals surface area contributed by atoms with Crippen molar-refractivity contribution in [3.8, 4) is 11.4 Å². The lowest BCUT2D eigenvalue weighted by molar-refractivity contribution is -0.123. The molecule has 2 N–H and O–H groups in total. The number of carbonyl (C=O) groups excluding carboxylic acids is 1. The molecule has 42 heavy (non-hydrogen) atoms. The second-order valence-electron chi connectivity index (χ2n) is 11.6. The molecule has 0 spiro atoms. The molecule has 5 rings (SSSR count). The van der Waals surface area contributed by atoms with Crippen molar-refractivity contribution in [2.75, 3.05) is 17.3 Å². The molecule has 9 heteroatoms. The standard InChI is InChI=1S/C33H36ClN5O2S/c1-19-17-23(21(3)38(19)27-13-10-11-24(34)20(27)2)30-29(26-12-8-9-16-35-26)37-32(42)39(30)22-14-15-25(28(18-22)41-7)36-31(40)33(4,5)6/h8-18,29-30H,1-7H3,(H,36,40)(H,37,42). The highest BCUT2D eigenvalue weighted by Gasteiger charge is 2.42. The maximum Gasteiger partial charge on any atom is 0.229 e. The molecule has 1 saturated heterocycles. The van der Waals surface area contributed by atoms with Gasteiger partial charge < -0.3 is 24.8 Å². The third-order valence-electron chi connectivity index (χ3n) is 7.76. The molecule has 7 nitrogen and oxygen atoms in total. The Morgan fingerprint density at radius 1 is 1.07 bits per heavy atom. The maximum absolute atomic E-state index is 12.7. The summed E-state index contributed by atoms with van der Waals surface area (Å²) in [4.78, 5) is 19.6. The van der Waals surface area contributed by atoms with E-state index < -0.39 is 5.41 Å². The van der Waals surface area contributed by atoms with Gasteiger partial charge in [0.2, 0.25) is 5.91 Å². The number of hydrogen-bond donors (Lipinski definition) is 2. The SMILES string of the molecule is COc1cc(N2C(=S)NC(c3ccccn3)C2c2cc(C)n(-c3cccc(Cl)c3C)c2C)ccc1NC(=O)C(C)(C)C. The van der Waals surface area contributed by atoms with Crippen LogP contribution in [-0.2, 0) is 4.79 Å². The van der Waals surface area contributed by atoms with E-state index in [1.54, 1.807) is 13.3 Å². The molecule has 0 aliphatic carbocycles. The van der Waals surface area contributed by atoms with Crippen molar-refractivity contribution in [3.05, 3.63) is 100 Å². The van der Waals surface area contributed by atoms with Crippen molar-refractivity contribution < 1.29 is 9.53 Å². The number of methoxy groups -OCH3 is 1. The van der Waals surface area contributed by atoms with Gasteiger partial charge in [-0.05, 0) is 86.6 Å². The minimum Gasteiger partial charge on any atom is -0.494 e. The van der Waals surface area contributed by atoms with E-state index in [4.69, 9.17) is 33.5 Å². The number of rotatable bonds is 6. The van der Waals surface area contributed by atoms with Crippen molar-refractivity contribution >= 4 is 46.2 Å². The number of benzene rings is 2. The summed E-state index contributed by atoms with van der Waals surface area (Å²) in [5.74, 6) is 0.455. The number of nitrogens with zero attached hydrogens (tertiary/aromatic N) is 3. The monoisotopic (exact) mass is 601 g/mol. The van der Waals surface area contributed by atoms with Crippen molar-refractivity contribution in [1.29, 1.82) is 0 Å². The van der Waals surface area contributed by atoms with E-state index >= 15 is 0 Å². The van der Waals surface area contributed by atoms with E-state index in [9.17, 15) is 4.79 Å². The van der Waals surface area contributed by atoms with Crippen LogP contribution in [0.5, 0.6) is 5.75 Å². The number of ether oxygens (including phenoxy) is 1. The lowest BCUT2D eigenvalue weighted by Crippen LogP contribution is -2.30. The highest BCUT2D eigenvalue weighted by atomic mass is 35.5. The fourth-order valence-electron chi connectivity index (χ4n) is 5.49. The predicted octanol–water partition coefficient (Wildman–Crippen LogP) is 7.62. The lowest BCUT2D eigenvalue weighted by atomic mass is 9.95. The summed E-state index contributed by atoms with van der Waals surface area (Å²) in [5, 5.41) is 7.85. The van der Waals surface area contributed by atoms with Gasteiger partial charge in [-0.15, -0.1) is 0 Å². The number of pyridine rings is 1. The van der Waals surface area contributed by atoms with Gasteiger partial charge in [0.1, 0.15) is 5.75 Å². The average molecular weight is 602 g/mol. The molecule has 0 bridgehead atoms. The molecule has 2 atom stereocenters. The van der Waals surface area contributed by atoms with Gasteiger partial charge in [-0.1, -0.05) is 44.5 Å². The summed E-state index contributed by atoms with van der Waals surface area (Å²) in [5.41, 5.74) is 7.12. The Hall–Kier alpha value is -3.88. The molecule has 0 radical (unpaired) electrons. The van der Waals surface area contributed by atoms with Gasteiger partial charge in [-0.25, -0.2) is 0 Å². The molecule has 1 amide bonds. The Morgan fingerprint density at radius 3 is 2.50 bits per heavy atom.